The number of anilines is 1. The number of allylic oxidation sites excluding steroid dienone is 3. The fraction of sp³-hybridized carbons (Fsp3) is 0.523. The molecule has 9 rings (SSSR count). The number of para-hydroxylation sites is 1. The minimum absolute atomic E-state index is 0.00179. The Morgan fingerprint density at radius 3 is 2.11 bits per heavy atom. The third-order valence-electron chi connectivity index (χ3n) is 22.8. The van der Waals surface area contributed by atoms with Crippen molar-refractivity contribution in [1.82, 2.24) is 57.7 Å². The van der Waals surface area contributed by atoms with Gasteiger partial charge in [0, 0.05) is 106 Å². The number of H-pyrrole nitrogens is 1. The van der Waals surface area contributed by atoms with Gasteiger partial charge in [-0.15, -0.1) is 0 Å². The summed E-state index contributed by atoms with van der Waals surface area (Å²) in [7, 11) is 10.2. The molecule has 4 aliphatic rings. The van der Waals surface area contributed by atoms with Crippen molar-refractivity contribution in [1.29, 1.82) is 0 Å². The van der Waals surface area contributed by atoms with E-state index in [-0.39, 0.29) is 73.0 Å². The standard InChI is InChI=1S/C88H118ClN13O21S4/c1-49-23-22-31-70(120-10)88(118)44-69(121-86(117)100-88)50(2)77-87(6,123-77)71(43-74(108)102(8)67-40-56(37-49)41-68(119-9)75(67)89)122-85(116)51(3)101(7)73(107)33-36-125-124-35-32-72(106)92-61(38-54-24-14-11-15-25-54)79(110)97-65-47-126-127-48-66(83(114)96-64(46-103)52(4)104)98-84(115)76(53(5)105)99-78(109)60(30-18-13-21-34-90)93-81(112)63(42-57-45-91-59-29-20-19-28-58(57)59)95-80(111)62(94-82(65)113)39-55-26-16-12-17-27-55/h11-12,14-17,19-20,22-29,31,40-41,45,50-53,60-66,69-71,76-77,91,103-105,118H,13,18,21,30,32-39,42-44,46-48,90H2,1-10H3,(H,92,106)(H,93,112)(H,94,113)(H,95,111)(H,96,114)(H,97,110)(H,98,115)(H,99,109)(H,100,117)/b31-22+,49-23+/t50-,51+,52-,53-,60+,61-,62+,63-,64-,65+,66+,69+,70+,71+,76+,77+,87+,88+/m1/s1. The van der Waals surface area contributed by atoms with Gasteiger partial charge in [-0.2, -0.15) is 0 Å². The number of aromatic nitrogens is 1. The lowest BCUT2D eigenvalue weighted by Crippen LogP contribution is -2.63. The van der Waals surface area contributed by atoms with E-state index in [0.29, 0.717) is 71.3 Å². The molecule has 0 aliphatic carbocycles. The number of benzene rings is 4. The molecule has 39 heteroatoms. The molecule has 0 radical (unpaired) electrons. The Kier molecular flexibility index (Phi) is 38.5. The van der Waals surface area contributed by atoms with Crippen molar-refractivity contribution in [3.63, 3.8) is 0 Å². The van der Waals surface area contributed by atoms with Crippen LogP contribution in [0.5, 0.6) is 5.75 Å². The zero-order valence-corrected chi connectivity index (χ0v) is 76.7. The number of hydrogen-bond acceptors (Lipinski definition) is 26. The van der Waals surface area contributed by atoms with Crippen molar-refractivity contribution >= 4 is 143 Å². The summed E-state index contributed by atoms with van der Waals surface area (Å²) in [6.45, 7) is 8.93. The van der Waals surface area contributed by atoms with Crippen LogP contribution in [0.4, 0.5) is 10.5 Å². The third-order valence-corrected chi connectivity index (χ3v) is 28.0. The quantitative estimate of drug-likeness (QED) is 0.0126. The zero-order chi connectivity index (χ0) is 92.4. The molecule has 34 nitrogen and oxygen atoms in total. The molecular weight excluding hydrogens is 1740 g/mol. The summed E-state index contributed by atoms with van der Waals surface area (Å²) >= 11 is 6.90. The average molecular weight is 1860 g/mol. The lowest BCUT2D eigenvalue weighted by atomic mass is 9.83. The number of hydrogen-bond donors (Lipinski definition) is 15. The maximum Gasteiger partial charge on any atom is 0.409 e. The number of likely N-dealkylation sites (N-methyl/N-ethyl adjacent to an activating group) is 1. The first-order chi connectivity index (χ1) is 60.6. The molecule has 18 atom stereocenters. The first kappa shape index (κ1) is 101. The molecule has 0 spiro atoms. The number of unbranched alkanes of at least 4 members (excludes halogenated alkanes) is 2. The van der Waals surface area contributed by atoms with Gasteiger partial charge in [-0.05, 0) is 101 Å². The van der Waals surface area contributed by atoms with Crippen molar-refractivity contribution in [2.45, 2.75) is 221 Å². The van der Waals surface area contributed by atoms with Gasteiger partial charge in [0.05, 0.1) is 50.2 Å². The zero-order valence-electron chi connectivity index (χ0n) is 72.7. The molecule has 3 fully saturated rings. The van der Waals surface area contributed by atoms with Crippen molar-refractivity contribution in [3.05, 3.63) is 154 Å². The van der Waals surface area contributed by atoms with Crippen LogP contribution in [0.1, 0.15) is 115 Å². The Bertz CT molecular complexity index is 4710. The second-order valence-corrected chi connectivity index (χ2v) is 38.0. The number of rotatable bonds is 31. The molecule has 11 amide bonds. The van der Waals surface area contributed by atoms with Crippen LogP contribution in [-0.2, 0) is 97.4 Å². The molecule has 4 aromatic carbocycles. The lowest BCUT2D eigenvalue weighted by molar-refractivity contribution is -0.162. The van der Waals surface area contributed by atoms with E-state index < -0.39 is 192 Å². The Labute approximate surface area is 759 Å². The molecular formula is C88H118ClN13O21S4. The molecule has 0 unspecified atom stereocenters. The summed E-state index contributed by atoms with van der Waals surface area (Å²) in [5.74, 6) is -9.32. The second-order valence-electron chi connectivity index (χ2n) is 32.4. The summed E-state index contributed by atoms with van der Waals surface area (Å²) in [4.78, 5) is 180. The molecule has 1 aromatic heterocycles. The van der Waals surface area contributed by atoms with E-state index in [1.807, 2.05) is 31.2 Å². The van der Waals surface area contributed by atoms with E-state index in [0.717, 1.165) is 32.7 Å². The molecule has 127 heavy (non-hydrogen) atoms. The van der Waals surface area contributed by atoms with Crippen molar-refractivity contribution < 1.29 is 102 Å². The number of amides is 11. The molecule has 5 heterocycles. The number of nitrogens with zero attached hydrogens (tertiary/aromatic N) is 2. The number of methoxy groups -OCH3 is 2. The van der Waals surface area contributed by atoms with Gasteiger partial charge >= 0.3 is 12.1 Å². The van der Waals surface area contributed by atoms with E-state index in [1.165, 1.54) is 80.5 Å². The van der Waals surface area contributed by atoms with E-state index in [4.69, 9.17) is 41.0 Å². The minimum Gasteiger partial charge on any atom is -0.495 e. The van der Waals surface area contributed by atoms with Gasteiger partial charge < -0.3 is 107 Å². The summed E-state index contributed by atoms with van der Waals surface area (Å²) in [6, 6.07) is 15.2. The lowest BCUT2D eigenvalue weighted by Gasteiger charge is -2.42. The number of fused-ring (bicyclic) bond motifs is 6. The minimum atomic E-state index is -1.94. The monoisotopic (exact) mass is 1860 g/mol. The number of carbonyl (C=O) groups excluding carboxylic acids is 12. The van der Waals surface area contributed by atoms with Crippen LogP contribution in [0.15, 0.2) is 127 Å². The molecule has 3 saturated heterocycles. The van der Waals surface area contributed by atoms with E-state index >= 15 is 19.2 Å². The number of epoxide rings is 1. The van der Waals surface area contributed by atoms with Crippen LogP contribution in [0.25, 0.3) is 10.9 Å². The Balaban J connectivity index is 0.904. The SMILES string of the molecule is COc1cc2cc(c1Cl)N(C)C(=O)C[C@H](OC(=O)[C@H](C)N(C)C(=O)CCSSCCC(=O)N[C@H](Cc1ccccc1)C(=O)N[C@H]1CSSC[C@@H](C(=O)N[C@H](CO)[C@@H](C)O)NC(=O)[C@H]([C@@H](C)O)NC(=O)[C@H](CCCCCN)NC(=O)[C@@H](Cc3c[nH]c4ccccc34)NC(=O)[C@H](Cc3ccccc3)NC1=O)[C@]1(C)O[C@H]1[C@H](C)[C@@H]1C[C@@](O)(NC(=O)O1)[C@@H](OC)/C=C/C=C(\C)C2. The number of carbonyl (C=O) groups is 12. The van der Waals surface area contributed by atoms with Gasteiger partial charge in [0.2, 0.25) is 59.1 Å². The predicted octanol–water partition coefficient (Wildman–Crippen LogP) is 4.43. The first-order valence-corrected chi connectivity index (χ1v) is 47.5. The number of nitrogens with two attached hydrogens (primary N) is 1. The largest absolute Gasteiger partial charge is 0.495 e. The van der Waals surface area contributed by atoms with Crippen LogP contribution >= 0.6 is 54.8 Å². The van der Waals surface area contributed by atoms with Gasteiger partial charge in [-0.1, -0.05) is 177 Å². The molecule has 5 aromatic rings. The first-order valence-electron chi connectivity index (χ1n) is 42.1. The number of esters is 1. The summed E-state index contributed by atoms with van der Waals surface area (Å²) < 4.78 is 29.8. The van der Waals surface area contributed by atoms with Crippen molar-refractivity contribution in [3.8, 4) is 5.75 Å². The van der Waals surface area contributed by atoms with Gasteiger partial charge in [0.25, 0.3) is 0 Å². The fourth-order valence-corrected chi connectivity index (χ4v) is 19.6. The Hall–Kier alpha value is -9.45. The number of aliphatic hydroxyl groups is 4. The normalized spacial score (nSPS) is 26.1. The molecule has 16 N–H and O–H groups in total. The number of aliphatic hydroxyl groups excluding tert-OH is 3. The van der Waals surface area contributed by atoms with Crippen LogP contribution in [-0.4, -0.2) is 268 Å². The Morgan fingerprint density at radius 1 is 0.795 bits per heavy atom. The number of ether oxygens (including phenoxy) is 5. The number of nitrogens with one attached hydrogen (secondary N) is 10. The highest BCUT2D eigenvalue weighted by molar-refractivity contribution is 8.77. The average Bonchev–Trinajstić information content (AvgIpc) is 1.57. The van der Waals surface area contributed by atoms with Crippen LogP contribution < -0.4 is 63.2 Å². The molecule has 0 saturated carbocycles. The van der Waals surface area contributed by atoms with Gasteiger partial charge in [0.15, 0.2) is 5.72 Å². The van der Waals surface area contributed by atoms with Crippen LogP contribution in [0, 0.1) is 5.92 Å². The number of aromatic amines is 1. The second kappa shape index (κ2) is 48.3. The highest BCUT2D eigenvalue weighted by atomic mass is 35.5. The highest BCUT2D eigenvalue weighted by Crippen LogP contribution is 2.49. The fourth-order valence-electron chi connectivity index (χ4n) is 15.0. The summed E-state index contributed by atoms with van der Waals surface area (Å²) in [5, 5.41) is 69.0. The Morgan fingerprint density at radius 2 is 1.44 bits per heavy atom. The maximum atomic E-state index is 15.3. The van der Waals surface area contributed by atoms with Crippen molar-refractivity contribution in [2.75, 3.05) is 69.4 Å². The smallest absolute Gasteiger partial charge is 0.409 e. The van der Waals surface area contributed by atoms with Crippen LogP contribution in [0.3, 0.4) is 0 Å². The third kappa shape index (κ3) is 28.5. The van der Waals surface area contributed by atoms with Gasteiger partial charge in [-0.3, -0.25) is 53.3 Å². The molecule has 692 valence electrons. The van der Waals surface area contributed by atoms with E-state index in [2.05, 4.69) is 52.8 Å². The van der Waals surface area contributed by atoms with E-state index in [9.17, 15) is 58.8 Å². The predicted molar refractivity (Wildman–Crippen MR) is 486 cm³/mol. The molecule has 4 aliphatic heterocycles. The topological polar surface area (TPSA) is 492 Å². The summed E-state index contributed by atoms with van der Waals surface area (Å²) in [5.41, 5.74) is 6.90. The highest BCUT2D eigenvalue weighted by Gasteiger charge is 2.65. The molecule has 4 bridgehead atoms. The van der Waals surface area contributed by atoms with Crippen molar-refractivity contribution in [2.24, 2.45) is 11.7 Å². The van der Waals surface area contributed by atoms with Gasteiger partial charge in [0.1, 0.15) is 83.0 Å². The van der Waals surface area contributed by atoms with Crippen LogP contribution in [0.2, 0.25) is 5.02 Å². The van der Waals surface area contributed by atoms with E-state index in [1.54, 1.807) is 111 Å². The number of halogens is 1. The van der Waals surface area contributed by atoms with Gasteiger partial charge in [-0.25, -0.2) is 9.59 Å². The number of alkyl carbamates (subject to hydrolysis) is 1. The maximum absolute atomic E-state index is 15.3. The summed E-state index contributed by atoms with van der Waals surface area (Å²) in [6.07, 6.45) is -0.512.